The molecule has 3 heteroatoms. The minimum Gasteiger partial charge on any atom is -0.192 e. The van der Waals surface area contributed by atoms with Gasteiger partial charge >= 0.3 is 0 Å². The predicted octanol–water partition coefficient (Wildman–Crippen LogP) is 3.62. The van der Waals surface area contributed by atoms with Crippen LogP contribution < -0.4 is 0 Å². The van der Waals surface area contributed by atoms with E-state index >= 15 is 0 Å². The van der Waals surface area contributed by atoms with Gasteiger partial charge in [-0.05, 0) is 11.1 Å². The van der Waals surface area contributed by atoms with Crippen LogP contribution in [0.3, 0.4) is 0 Å². The van der Waals surface area contributed by atoms with Crippen molar-refractivity contribution in [3.63, 3.8) is 0 Å². The average Bonchev–Trinajstić information content (AvgIpc) is 2.51. The summed E-state index contributed by atoms with van der Waals surface area (Å²) in [5.74, 6) is 0. The first-order valence-electron chi connectivity index (χ1n) is 6.06. The smallest absolute Gasteiger partial charge is 0.138 e. The highest BCUT2D eigenvalue weighted by molar-refractivity contribution is 7.81. The molecule has 0 saturated heterocycles. The lowest BCUT2D eigenvalue weighted by Gasteiger charge is -2.23. The van der Waals surface area contributed by atoms with Gasteiger partial charge in [0.1, 0.15) is 17.7 Å². The molecule has 0 radical (unpaired) electrons. The zero-order valence-electron chi connectivity index (χ0n) is 10.4. The monoisotopic (exact) mass is 272 g/mol. The third-order valence-corrected chi connectivity index (χ3v) is 3.80. The number of fused-ring (bicyclic) bond motifs is 2. The minimum atomic E-state index is 0.118. The third-order valence-electron chi connectivity index (χ3n) is 3.36. The van der Waals surface area contributed by atoms with Gasteiger partial charge in [0.15, 0.2) is 0 Å². The van der Waals surface area contributed by atoms with E-state index in [9.17, 15) is 10.5 Å². The average molecular weight is 272 g/mol. The van der Waals surface area contributed by atoms with Crippen LogP contribution in [0.2, 0.25) is 0 Å². The molecule has 0 spiro atoms. The summed E-state index contributed by atoms with van der Waals surface area (Å²) in [6.07, 6.45) is 0. The molecule has 0 bridgehead atoms. The molecule has 0 heterocycles. The van der Waals surface area contributed by atoms with Crippen molar-refractivity contribution in [3.8, 4) is 12.1 Å². The molecule has 0 N–H and O–H groups in total. The molecule has 3 rings (SSSR count). The second-order valence-corrected chi connectivity index (χ2v) is 4.80. The van der Waals surface area contributed by atoms with Crippen LogP contribution in [0.25, 0.3) is 5.57 Å². The van der Waals surface area contributed by atoms with Crippen molar-refractivity contribution in [3.05, 3.63) is 76.4 Å². The first kappa shape index (κ1) is 12.3. The molecular formula is C17H8N2S. The molecule has 0 fully saturated rings. The van der Waals surface area contributed by atoms with Gasteiger partial charge < -0.3 is 0 Å². The molecule has 1 aliphatic carbocycles. The summed E-state index contributed by atoms with van der Waals surface area (Å²) in [5.41, 5.74) is 4.31. The number of benzene rings is 2. The maximum Gasteiger partial charge on any atom is 0.138 e. The summed E-state index contributed by atoms with van der Waals surface area (Å²) < 4.78 is 0. The molecule has 0 amide bonds. The van der Waals surface area contributed by atoms with Gasteiger partial charge in [-0.25, -0.2) is 0 Å². The lowest BCUT2D eigenvalue weighted by Crippen LogP contribution is -2.14. The SMILES string of the molecule is N#CC(C#N)=C1c2ccccc2C(=S)c2ccccc21. The zero-order chi connectivity index (χ0) is 14.1. The Kier molecular flexibility index (Phi) is 2.91. The van der Waals surface area contributed by atoms with Gasteiger partial charge in [-0.2, -0.15) is 10.5 Å². The largest absolute Gasteiger partial charge is 0.192 e. The quantitative estimate of drug-likeness (QED) is 0.464. The van der Waals surface area contributed by atoms with Crippen LogP contribution in [0, 0.1) is 22.7 Å². The van der Waals surface area contributed by atoms with E-state index in [1.54, 1.807) is 0 Å². The van der Waals surface area contributed by atoms with Crippen molar-refractivity contribution in [2.45, 2.75) is 0 Å². The van der Waals surface area contributed by atoms with Crippen molar-refractivity contribution in [2.75, 3.05) is 0 Å². The Morgan fingerprint density at radius 3 is 1.55 bits per heavy atom. The third kappa shape index (κ3) is 1.66. The van der Waals surface area contributed by atoms with Crippen molar-refractivity contribution in [2.24, 2.45) is 0 Å². The molecule has 0 aliphatic heterocycles. The van der Waals surface area contributed by atoms with E-state index in [1.165, 1.54) is 0 Å². The summed E-state index contributed by atoms with van der Waals surface area (Å²) in [6, 6.07) is 19.3. The fourth-order valence-corrected chi connectivity index (χ4v) is 2.85. The summed E-state index contributed by atoms with van der Waals surface area (Å²) in [5, 5.41) is 18.5. The van der Waals surface area contributed by atoms with E-state index in [0.717, 1.165) is 27.1 Å². The fourth-order valence-electron chi connectivity index (χ4n) is 2.49. The van der Waals surface area contributed by atoms with E-state index in [1.807, 2.05) is 60.7 Å². The molecule has 0 atom stereocenters. The second kappa shape index (κ2) is 4.74. The maximum atomic E-state index is 9.23. The molecular weight excluding hydrogens is 264 g/mol. The van der Waals surface area contributed by atoms with Crippen molar-refractivity contribution < 1.29 is 0 Å². The Labute approximate surface area is 122 Å². The Morgan fingerprint density at radius 1 is 0.750 bits per heavy atom. The lowest BCUT2D eigenvalue weighted by atomic mass is 9.80. The molecule has 1 aliphatic rings. The summed E-state index contributed by atoms with van der Waals surface area (Å²) >= 11 is 5.54. The van der Waals surface area contributed by atoms with E-state index in [4.69, 9.17) is 12.2 Å². The number of rotatable bonds is 0. The lowest BCUT2D eigenvalue weighted by molar-refractivity contribution is 1.42. The van der Waals surface area contributed by atoms with Crippen LogP contribution >= 0.6 is 12.2 Å². The predicted molar refractivity (Wildman–Crippen MR) is 80.9 cm³/mol. The first-order chi connectivity index (χ1) is 9.77. The number of thiocarbonyl (C=S) groups is 1. The summed E-state index contributed by atoms with van der Waals surface area (Å²) in [4.78, 5) is 0.759. The second-order valence-electron chi connectivity index (χ2n) is 4.39. The Morgan fingerprint density at radius 2 is 1.15 bits per heavy atom. The van der Waals surface area contributed by atoms with Gasteiger partial charge in [-0.3, -0.25) is 0 Å². The Bertz CT molecular complexity index is 780. The first-order valence-corrected chi connectivity index (χ1v) is 6.46. The van der Waals surface area contributed by atoms with Crippen LogP contribution in [-0.2, 0) is 0 Å². The molecule has 0 aromatic heterocycles. The molecule has 0 unspecified atom stereocenters. The molecule has 0 saturated carbocycles. The highest BCUT2D eigenvalue weighted by Gasteiger charge is 2.26. The van der Waals surface area contributed by atoms with E-state index < -0.39 is 0 Å². The summed E-state index contributed by atoms with van der Waals surface area (Å²) in [7, 11) is 0. The van der Waals surface area contributed by atoms with Crippen LogP contribution in [0.5, 0.6) is 0 Å². The number of nitrogens with zero attached hydrogens (tertiary/aromatic N) is 2. The molecule has 2 nitrogen and oxygen atoms in total. The van der Waals surface area contributed by atoms with Gasteiger partial charge in [0.2, 0.25) is 0 Å². The number of allylic oxidation sites excluding steroid dienone is 1. The van der Waals surface area contributed by atoms with Gasteiger partial charge in [0.05, 0.1) is 4.86 Å². The van der Waals surface area contributed by atoms with Gasteiger partial charge in [0, 0.05) is 16.7 Å². The normalized spacial score (nSPS) is 11.9. The Balaban J connectivity index is 2.48. The zero-order valence-corrected chi connectivity index (χ0v) is 11.2. The fraction of sp³-hybridized carbons (Fsp3) is 0. The standard InChI is InChI=1S/C17H8N2S/c18-9-11(10-19)16-12-5-1-3-7-14(12)17(20)15-8-4-2-6-13(15)16/h1-8H. The highest BCUT2D eigenvalue weighted by atomic mass is 32.1. The van der Waals surface area contributed by atoms with Gasteiger partial charge in [-0.15, -0.1) is 0 Å². The van der Waals surface area contributed by atoms with Crippen LogP contribution in [-0.4, -0.2) is 4.86 Å². The van der Waals surface area contributed by atoms with Crippen LogP contribution in [0.4, 0.5) is 0 Å². The summed E-state index contributed by atoms with van der Waals surface area (Å²) in [6.45, 7) is 0. The molecule has 92 valence electrons. The van der Waals surface area contributed by atoms with Gasteiger partial charge in [-0.1, -0.05) is 60.7 Å². The molecule has 2 aromatic carbocycles. The number of hydrogen-bond acceptors (Lipinski definition) is 3. The minimum absolute atomic E-state index is 0.118. The number of hydrogen-bond donors (Lipinski definition) is 0. The topological polar surface area (TPSA) is 47.6 Å². The van der Waals surface area contributed by atoms with Gasteiger partial charge in [0.25, 0.3) is 0 Å². The van der Waals surface area contributed by atoms with Crippen LogP contribution in [0.15, 0.2) is 54.1 Å². The Hall–Kier alpha value is -2.75. The molecule has 2 aromatic rings. The van der Waals surface area contributed by atoms with Crippen molar-refractivity contribution in [1.29, 1.82) is 10.5 Å². The van der Waals surface area contributed by atoms with Crippen molar-refractivity contribution in [1.82, 2.24) is 0 Å². The van der Waals surface area contributed by atoms with E-state index in [0.29, 0.717) is 5.57 Å². The highest BCUT2D eigenvalue weighted by Crippen LogP contribution is 2.37. The van der Waals surface area contributed by atoms with Crippen molar-refractivity contribution >= 4 is 22.7 Å². The maximum absolute atomic E-state index is 9.23. The van der Waals surface area contributed by atoms with Crippen LogP contribution in [0.1, 0.15) is 22.3 Å². The number of nitriles is 2. The van der Waals surface area contributed by atoms with E-state index in [-0.39, 0.29) is 5.57 Å². The molecule has 20 heavy (non-hydrogen) atoms. The van der Waals surface area contributed by atoms with E-state index in [2.05, 4.69) is 0 Å².